The monoisotopic (exact) mass is 542 g/mol. The minimum Gasteiger partial charge on any atom is -0.496 e. The van der Waals surface area contributed by atoms with Crippen LogP contribution in [0.15, 0.2) is 36.4 Å². The Balaban J connectivity index is 1.28. The lowest BCUT2D eigenvalue weighted by molar-refractivity contribution is -0.153. The van der Waals surface area contributed by atoms with Crippen molar-refractivity contribution < 1.29 is 19.1 Å². The van der Waals surface area contributed by atoms with E-state index in [1.807, 2.05) is 42.3 Å². The van der Waals surface area contributed by atoms with E-state index in [0.29, 0.717) is 36.8 Å². The highest BCUT2D eigenvalue weighted by Crippen LogP contribution is 2.42. The number of carbonyl (C=O) groups is 2. The van der Waals surface area contributed by atoms with Gasteiger partial charge in [-0.15, -0.1) is 0 Å². The van der Waals surface area contributed by atoms with Gasteiger partial charge in [0, 0.05) is 52.9 Å². The Morgan fingerprint density at radius 1 is 1.16 bits per heavy atom. The summed E-state index contributed by atoms with van der Waals surface area (Å²) in [6.45, 7) is 3.06. The van der Waals surface area contributed by atoms with Crippen LogP contribution < -0.4 is 9.64 Å². The first kappa shape index (κ1) is 28.2. The molecular formula is C29H39ClN4O4. The van der Waals surface area contributed by atoms with E-state index in [0.717, 1.165) is 56.6 Å². The molecule has 8 nitrogen and oxygen atoms in total. The molecular weight excluding hydrogens is 504 g/mol. The second-order valence-electron chi connectivity index (χ2n) is 10.5. The largest absolute Gasteiger partial charge is 0.496 e. The highest BCUT2D eigenvalue weighted by molar-refractivity contribution is 6.32. The molecule has 2 aliphatic heterocycles. The third kappa shape index (κ3) is 5.91. The fourth-order valence-corrected chi connectivity index (χ4v) is 5.82. The van der Waals surface area contributed by atoms with Crippen molar-refractivity contribution in [3.05, 3.63) is 52.7 Å². The summed E-state index contributed by atoms with van der Waals surface area (Å²) in [6.07, 6.45) is 5.65. The molecule has 2 amide bonds. The number of carbonyl (C=O) groups excluding carboxylic acids is 2. The van der Waals surface area contributed by atoms with Crippen LogP contribution in [0.4, 0.5) is 5.82 Å². The number of halogens is 1. The van der Waals surface area contributed by atoms with Crippen LogP contribution in [0.2, 0.25) is 5.15 Å². The number of hydrogen-bond donors (Lipinski definition) is 0. The summed E-state index contributed by atoms with van der Waals surface area (Å²) in [4.78, 5) is 35.9. The molecule has 1 aromatic heterocycles. The quantitative estimate of drug-likeness (QED) is 0.431. The van der Waals surface area contributed by atoms with Crippen LogP contribution in [-0.4, -0.2) is 81.1 Å². The van der Waals surface area contributed by atoms with Crippen molar-refractivity contribution in [2.24, 2.45) is 5.92 Å². The van der Waals surface area contributed by atoms with Gasteiger partial charge < -0.3 is 24.2 Å². The molecule has 0 radical (unpaired) electrons. The number of pyridine rings is 1. The molecule has 0 aliphatic carbocycles. The summed E-state index contributed by atoms with van der Waals surface area (Å²) in [6, 6.07) is 11.3. The summed E-state index contributed by atoms with van der Waals surface area (Å²) >= 11 is 6.32. The number of anilines is 1. The first-order valence-corrected chi connectivity index (χ1v) is 13.8. The molecule has 0 saturated carbocycles. The molecule has 9 heteroatoms. The molecule has 2 fully saturated rings. The van der Waals surface area contributed by atoms with E-state index in [1.54, 1.807) is 27.3 Å². The maximum absolute atomic E-state index is 13.6. The second-order valence-corrected chi connectivity index (χ2v) is 10.8. The minimum absolute atomic E-state index is 0.00784. The fourth-order valence-electron chi connectivity index (χ4n) is 5.59. The highest BCUT2D eigenvalue weighted by atomic mass is 35.5. The Hall–Kier alpha value is -2.84. The molecule has 0 spiro atoms. The number of amides is 2. The topological polar surface area (TPSA) is 75.2 Å². The number of methoxy groups -OCH3 is 1. The molecule has 2 saturated heterocycles. The summed E-state index contributed by atoms with van der Waals surface area (Å²) in [7, 11) is 6.91. The number of aromatic nitrogens is 1. The summed E-state index contributed by atoms with van der Waals surface area (Å²) in [5.41, 5.74) is 0.273. The maximum atomic E-state index is 13.6. The van der Waals surface area contributed by atoms with Crippen LogP contribution in [0.5, 0.6) is 5.75 Å². The van der Waals surface area contributed by atoms with E-state index in [2.05, 4.69) is 9.88 Å². The van der Waals surface area contributed by atoms with Crippen molar-refractivity contribution in [3.8, 4) is 5.75 Å². The molecule has 1 aromatic carbocycles. The molecule has 1 atom stereocenters. The third-order valence-corrected chi connectivity index (χ3v) is 8.06. The van der Waals surface area contributed by atoms with Crippen LogP contribution in [0.1, 0.15) is 54.4 Å². The van der Waals surface area contributed by atoms with Gasteiger partial charge in [0.2, 0.25) is 0 Å². The Morgan fingerprint density at radius 3 is 2.53 bits per heavy atom. The zero-order valence-corrected chi connectivity index (χ0v) is 23.7. The number of ether oxygens (including phenoxy) is 2. The van der Waals surface area contributed by atoms with Crippen LogP contribution in [-0.2, 0) is 15.1 Å². The SMILES string of the molecule is COc1ccccc1C1(C(=O)N(C)CCCC2CCN(c3ccc(C(=O)N(C)C)c(Cl)n3)CC2)CCCO1. The van der Waals surface area contributed by atoms with Gasteiger partial charge in [0.25, 0.3) is 11.8 Å². The van der Waals surface area contributed by atoms with E-state index in [1.165, 1.54) is 4.90 Å². The number of benzene rings is 1. The number of rotatable bonds is 9. The number of piperidine rings is 1. The van der Waals surface area contributed by atoms with E-state index in [-0.39, 0.29) is 17.0 Å². The predicted molar refractivity (Wildman–Crippen MR) is 149 cm³/mol. The number of likely N-dealkylation sites (N-methyl/N-ethyl adjacent to an activating group) is 1. The third-order valence-electron chi connectivity index (χ3n) is 7.77. The molecule has 2 aliphatic rings. The molecule has 1 unspecified atom stereocenters. The van der Waals surface area contributed by atoms with Gasteiger partial charge in [-0.25, -0.2) is 4.98 Å². The van der Waals surface area contributed by atoms with Gasteiger partial charge in [-0.05, 0) is 62.6 Å². The normalized spacial score (nSPS) is 19.9. The van der Waals surface area contributed by atoms with Gasteiger partial charge >= 0.3 is 0 Å². The van der Waals surface area contributed by atoms with Crippen LogP contribution >= 0.6 is 11.6 Å². The highest BCUT2D eigenvalue weighted by Gasteiger charge is 2.47. The van der Waals surface area contributed by atoms with Gasteiger partial charge in [-0.3, -0.25) is 9.59 Å². The summed E-state index contributed by atoms with van der Waals surface area (Å²) < 4.78 is 11.7. The van der Waals surface area contributed by atoms with Crippen molar-refractivity contribution in [3.63, 3.8) is 0 Å². The van der Waals surface area contributed by atoms with Gasteiger partial charge in [0.15, 0.2) is 5.60 Å². The minimum atomic E-state index is -0.965. The maximum Gasteiger partial charge on any atom is 0.259 e. The lowest BCUT2D eigenvalue weighted by Gasteiger charge is -2.34. The second kappa shape index (κ2) is 12.3. The Morgan fingerprint density at radius 2 is 1.89 bits per heavy atom. The molecule has 0 N–H and O–H groups in total. The lowest BCUT2D eigenvalue weighted by atomic mass is 9.88. The average Bonchev–Trinajstić information content (AvgIpc) is 3.43. The molecule has 2 aromatic rings. The van der Waals surface area contributed by atoms with E-state index in [4.69, 9.17) is 21.1 Å². The summed E-state index contributed by atoms with van der Waals surface area (Å²) in [5.74, 6) is 1.97. The van der Waals surface area contributed by atoms with Gasteiger partial charge in [0.05, 0.1) is 12.7 Å². The molecule has 38 heavy (non-hydrogen) atoms. The zero-order chi connectivity index (χ0) is 27.3. The zero-order valence-electron chi connectivity index (χ0n) is 22.9. The van der Waals surface area contributed by atoms with Crippen molar-refractivity contribution in [1.29, 1.82) is 0 Å². The summed E-state index contributed by atoms with van der Waals surface area (Å²) in [5, 5.41) is 0.244. The Bertz CT molecular complexity index is 1130. The standard InChI is InChI=1S/C29H39ClN4O4/c1-32(2)27(35)22-12-13-25(31-26(22)30)34-18-14-21(15-19-34)9-7-17-33(3)28(36)29(16-8-20-38-29)23-10-5-6-11-24(23)37-4/h5-6,10-13,21H,7-9,14-20H2,1-4H3. The number of hydrogen-bond acceptors (Lipinski definition) is 6. The van der Waals surface area contributed by atoms with Crippen molar-refractivity contribution >= 4 is 29.2 Å². The van der Waals surface area contributed by atoms with Crippen LogP contribution in [0, 0.1) is 5.92 Å². The van der Waals surface area contributed by atoms with Crippen molar-refractivity contribution in [2.45, 2.75) is 44.1 Å². The van der Waals surface area contributed by atoms with E-state index in [9.17, 15) is 9.59 Å². The molecule has 206 valence electrons. The molecule has 4 rings (SSSR count). The van der Waals surface area contributed by atoms with Gasteiger partial charge in [-0.1, -0.05) is 29.8 Å². The number of para-hydroxylation sites is 1. The van der Waals surface area contributed by atoms with Crippen LogP contribution in [0.3, 0.4) is 0 Å². The van der Waals surface area contributed by atoms with Crippen molar-refractivity contribution in [1.82, 2.24) is 14.8 Å². The van der Waals surface area contributed by atoms with E-state index < -0.39 is 5.60 Å². The molecule has 0 bridgehead atoms. The predicted octanol–water partition coefficient (Wildman–Crippen LogP) is 4.61. The van der Waals surface area contributed by atoms with Crippen molar-refractivity contribution in [2.75, 3.05) is 59.4 Å². The first-order chi connectivity index (χ1) is 18.3. The van der Waals surface area contributed by atoms with Gasteiger partial charge in [0.1, 0.15) is 16.7 Å². The number of nitrogens with zero attached hydrogens (tertiary/aromatic N) is 4. The Labute approximate surface area is 230 Å². The fraction of sp³-hybridized carbons (Fsp3) is 0.552. The van der Waals surface area contributed by atoms with Crippen LogP contribution in [0.25, 0.3) is 0 Å². The first-order valence-electron chi connectivity index (χ1n) is 13.4. The average molecular weight is 543 g/mol. The lowest BCUT2D eigenvalue weighted by Crippen LogP contribution is -2.45. The van der Waals surface area contributed by atoms with E-state index >= 15 is 0 Å². The smallest absolute Gasteiger partial charge is 0.259 e. The van der Waals surface area contributed by atoms with Gasteiger partial charge in [-0.2, -0.15) is 0 Å². The Kier molecular flexibility index (Phi) is 9.15. The molecule has 3 heterocycles.